The molecule has 0 N–H and O–H groups in total. The van der Waals surface area contributed by atoms with Gasteiger partial charge in [-0.1, -0.05) is 15.9 Å². The number of halogens is 1. The summed E-state index contributed by atoms with van der Waals surface area (Å²) in [6.45, 7) is 0. The molecule has 3 rings (SSSR count). The summed E-state index contributed by atoms with van der Waals surface area (Å²) in [6.07, 6.45) is 7.78. The van der Waals surface area contributed by atoms with Crippen LogP contribution in [0.2, 0.25) is 0 Å². The largest absolute Gasteiger partial charge is 0.423 e. The maximum atomic E-state index is 12.2. The number of hydrogen-bond donors (Lipinski definition) is 0. The highest BCUT2D eigenvalue weighted by Gasteiger charge is 2.21. The molecule has 1 aliphatic rings. The molecule has 0 saturated carbocycles. The predicted molar refractivity (Wildman–Crippen MR) is 105 cm³/mol. The molecule has 0 amide bonds. The van der Waals surface area contributed by atoms with Gasteiger partial charge in [0.05, 0.1) is 4.58 Å². The number of rotatable bonds is 4. The van der Waals surface area contributed by atoms with Gasteiger partial charge in [-0.3, -0.25) is 4.98 Å². The zero-order valence-corrected chi connectivity index (χ0v) is 16.1. The molecule has 1 aromatic carbocycles. The summed E-state index contributed by atoms with van der Waals surface area (Å²) in [5.41, 5.74) is 1.97. The van der Waals surface area contributed by atoms with Gasteiger partial charge < -0.3 is 4.74 Å². The maximum Gasteiger partial charge on any atom is 0.336 e. The monoisotopic (exact) mass is 421 g/mol. The van der Waals surface area contributed by atoms with Gasteiger partial charge in [-0.05, 0) is 59.9 Å². The second-order valence-electron chi connectivity index (χ2n) is 5.14. The SMILES string of the molecule is O=C(/C=C\c1ccncc1)Oc1ccc(Br)cc1C1SCCCS1. The van der Waals surface area contributed by atoms with Gasteiger partial charge in [-0.15, -0.1) is 23.5 Å². The highest BCUT2D eigenvalue weighted by atomic mass is 79.9. The van der Waals surface area contributed by atoms with Gasteiger partial charge in [0.25, 0.3) is 0 Å². The van der Waals surface area contributed by atoms with Crippen LogP contribution in [-0.2, 0) is 4.79 Å². The molecule has 1 fully saturated rings. The molecule has 0 aliphatic carbocycles. The Hall–Kier alpha value is -1.24. The van der Waals surface area contributed by atoms with Crippen molar-refractivity contribution in [3.05, 3.63) is 64.4 Å². The van der Waals surface area contributed by atoms with Crippen LogP contribution in [0.5, 0.6) is 5.75 Å². The van der Waals surface area contributed by atoms with Crippen LogP contribution in [0.1, 0.15) is 22.1 Å². The maximum absolute atomic E-state index is 12.2. The molecule has 0 radical (unpaired) electrons. The topological polar surface area (TPSA) is 39.2 Å². The van der Waals surface area contributed by atoms with E-state index in [1.807, 2.05) is 53.9 Å². The van der Waals surface area contributed by atoms with Crippen molar-refractivity contribution >= 4 is 51.5 Å². The molecule has 24 heavy (non-hydrogen) atoms. The smallest absolute Gasteiger partial charge is 0.336 e. The molecule has 0 atom stereocenters. The lowest BCUT2D eigenvalue weighted by Crippen LogP contribution is -2.08. The Morgan fingerprint density at radius 2 is 1.96 bits per heavy atom. The van der Waals surface area contributed by atoms with Crippen molar-refractivity contribution in [2.75, 3.05) is 11.5 Å². The molecule has 0 spiro atoms. The molecular weight excluding hydrogens is 406 g/mol. The Balaban J connectivity index is 1.74. The fourth-order valence-corrected chi connectivity index (χ4v) is 5.55. The molecular formula is C18H16BrNO2S2. The normalized spacial score (nSPS) is 15.5. The molecule has 0 bridgehead atoms. The standard InChI is InChI=1S/C18H16BrNO2S2/c19-14-3-4-16(15(12-14)18-23-10-1-11-24-18)22-17(21)5-2-13-6-8-20-9-7-13/h2-9,12,18H,1,10-11H2/b5-2-. The van der Waals surface area contributed by atoms with Gasteiger partial charge >= 0.3 is 5.97 Å². The van der Waals surface area contributed by atoms with E-state index in [0.29, 0.717) is 10.3 Å². The summed E-state index contributed by atoms with van der Waals surface area (Å²) in [6, 6.07) is 9.48. The van der Waals surface area contributed by atoms with E-state index in [1.54, 1.807) is 18.5 Å². The summed E-state index contributed by atoms with van der Waals surface area (Å²) in [4.78, 5) is 16.1. The summed E-state index contributed by atoms with van der Waals surface area (Å²) < 4.78 is 6.89. The van der Waals surface area contributed by atoms with Gasteiger partial charge in [0.15, 0.2) is 0 Å². The number of aromatic nitrogens is 1. The number of benzene rings is 1. The van der Waals surface area contributed by atoms with Crippen LogP contribution in [0.4, 0.5) is 0 Å². The second kappa shape index (κ2) is 8.74. The van der Waals surface area contributed by atoms with E-state index in [1.165, 1.54) is 12.5 Å². The van der Waals surface area contributed by atoms with Crippen LogP contribution in [0.3, 0.4) is 0 Å². The van der Waals surface area contributed by atoms with Crippen molar-refractivity contribution in [1.82, 2.24) is 4.98 Å². The molecule has 6 heteroatoms. The van der Waals surface area contributed by atoms with E-state index >= 15 is 0 Å². The van der Waals surface area contributed by atoms with E-state index < -0.39 is 0 Å². The van der Waals surface area contributed by atoms with E-state index in [4.69, 9.17) is 4.74 Å². The number of esters is 1. The highest BCUT2D eigenvalue weighted by Crippen LogP contribution is 2.47. The number of hydrogen-bond acceptors (Lipinski definition) is 5. The average Bonchev–Trinajstić information content (AvgIpc) is 2.63. The minimum absolute atomic E-state index is 0.309. The van der Waals surface area contributed by atoms with Crippen LogP contribution in [0.25, 0.3) is 6.08 Å². The van der Waals surface area contributed by atoms with Crippen LogP contribution >= 0.6 is 39.5 Å². The van der Waals surface area contributed by atoms with E-state index in [9.17, 15) is 4.79 Å². The zero-order chi connectivity index (χ0) is 16.8. The first-order valence-corrected chi connectivity index (χ1v) is 10.4. The summed E-state index contributed by atoms with van der Waals surface area (Å²) in [5.74, 6) is 2.54. The Bertz CT molecular complexity index is 731. The van der Waals surface area contributed by atoms with E-state index in [2.05, 4.69) is 20.9 Å². The summed E-state index contributed by atoms with van der Waals surface area (Å²) in [5, 5.41) is 0. The number of pyridine rings is 1. The van der Waals surface area contributed by atoms with Gasteiger partial charge in [0.1, 0.15) is 5.75 Å². The molecule has 3 nitrogen and oxygen atoms in total. The lowest BCUT2D eigenvalue weighted by molar-refractivity contribution is -0.128. The third kappa shape index (κ3) is 4.88. The van der Waals surface area contributed by atoms with Gasteiger partial charge in [-0.25, -0.2) is 4.79 Å². The van der Waals surface area contributed by atoms with Crippen LogP contribution in [0, 0.1) is 0 Å². The Kier molecular flexibility index (Phi) is 6.40. The van der Waals surface area contributed by atoms with Crippen molar-refractivity contribution < 1.29 is 9.53 Å². The minimum atomic E-state index is -0.374. The third-order valence-electron chi connectivity index (χ3n) is 3.38. The average molecular weight is 422 g/mol. The molecule has 1 aliphatic heterocycles. The van der Waals surface area contributed by atoms with Crippen molar-refractivity contribution in [3.8, 4) is 5.75 Å². The highest BCUT2D eigenvalue weighted by molar-refractivity contribution is 9.10. The van der Waals surface area contributed by atoms with Crippen LogP contribution < -0.4 is 4.74 Å². The minimum Gasteiger partial charge on any atom is -0.423 e. The number of carbonyl (C=O) groups is 1. The number of nitrogens with zero attached hydrogens (tertiary/aromatic N) is 1. The van der Waals surface area contributed by atoms with Crippen LogP contribution in [-0.4, -0.2) is 22.5 Å². The van der Waals surface area contributed by atoms with Crippen molar-refractivity contribution in [3.63, 3.8) is 0 Å². The second-order valence-corrected chi connectivity index (χ2v) is 8.78. The molecule has 0 unspecified atom stereocenters. The van der Waals surface area contributed by atoms with Gasteiger partial charge in [-0.2, -0.15) is 0 Å². The van der Waals surface area contributed by atoms with E-state index in [-0.39, 0.29) is 5.97 Å². The molecule has 2 heterocycles. The van der Waals surface area contributed by atoms with Crippen molar-refractivity contribution in [2.24, 2.45) is 0 Å². The first-order valence-electron chi connectivity index (χ1n) is 7.55. The summed E-state index contributed by atoms with van der Waals surface area (Å²) in [7, 11) is 0. The Morgan fingerprint density at radius 1 is 1.21 bits per heavy atom. The third-order valence-corrected chi connectivity index (χ3v) is 6.85. The van der Waals surface area contributed by atoms with Gasteiger partial charge in [0.2, 0.25) is 0 Å². The quantitative estimate of drug-likeness (QED) is 0.378. The predicted octanol–water partition coefficient (Wildman–Crippen LogP) is 5.33. The van der Waals surface area contributed by atoms with Crippen molar-refractivity contribution in [2.45, 2.75) is 11.0 Å². The summed E-state index contributed by atoms with van der Waals surface area (Å²) >= 11 is 7.32. The van der Waals surface area contributed by atoms with E-state index in [0.717, 1.165) is 27.1 Å². The van der Waals surface area contributed by atoms with Crippen molar-refractivity contribution in [1.29, 1.82) is 0 Å². The zero-order valence-electron chi connectivity index (χ0n) is 12.9. The Labute approximate surface area is 158 Å². The lowest BCUT2D eigenvalue weighted by Gasteiger charge is -2.23. The van der Waals surface area contributed by atoms with Gasteiger partial charge in [0, 0.05) is 28.5 Å². The molecule has 1 aromatic heterocycles. The Morgan fingerprint density at radius 3 is 2.71 bits per heavy atom. The number of ether oxygens (including phenoxy) is 1. The molecule has 1 saturated heterocycles. The molecule has 2 aromatic rings. The van der Waals surface area contributed by atoms with Crippen LogP contribution in [0.15, 0.2) is 53.3 Å². The fourth-order valence-electron chi connectivity index (χ4n) is 2.25. The lowest BCUT2D eigenvalue weighted by atomic mass is 10.2. The number of thioether (sulfide) groups is 2. The molecule has 124 valence electrons. The first kappa shape index (κ1) is 17.6. The number of carbonyl (C=O) groups excluding carboxylic acids is 1. The first-order chi connectivity index (χ1) is 11.7. The fraction of sp³-hybridized carbons (Fsp3) is 0.222.